The Balaban J connectivity index is 2.11. The monoisotopic (exact) mass is 354 g/mol. The number of nitrogens with one attached hydrogen (secondary N) is 1. The van der Waals surface area contributed by atoms with Gasteiger partial charge in [0, 0.05) is 25.8 Å². The van der Waals surface area contributed by atoms with E-state index in [4.69, 9.17) is 16.3 Å². The van der Waals surface area contributed by atoms with Crippen molar-refractivity contribution in [3.8, 4) is 0 Å². The third-order valence-corrected chi connectivity index (χ3v) is 6.71. The SMILES string of the molecule is CC1(CNS(=O)(=O)c2cc([N+](=O)[O-])c(Cl)s2)CCOCC1. The molecular formula is C11H15ClN2O5S2. The quantitative estimate of drug-likeness (QED) is 0.646. The molecule has 1 aromatic heterocycles. The van der Waals surface area contributed by atoms with Crippen LogP contribution in [0.5, 0.6) is 0 Å². The highest BCUT2D eigenvalue weighted by Gasteiger charge is 2.31. The standard InChI is InChI=1S/C11H15ClN2O5S2/c1-11(2-4-19-5-3-11)7-13-21(17,18)9-6-8(14(15)16)10(12)20-9/h6,13H,2-5,7H2,1H3. The second kappa shape index (κ2) is 6.17. The predicted molar refractivity (Wildman–Crippen MR) is 79.3 cm³/mol. The van der Waals surface area contributed by atoms with Gasteiger partial charge in [-0.25, -0.2) is 13.1 Å². The van der Waals surface area contributed by atoms with Crippen LogP contribution in [0, 0.1) is 15.5 Å². The summed E-state index contributed by atoms with van der Waals surface area (Å²) in [5, 5.41) is 10.7. The Morgan fingerprint density at radius 2 is 2.14 bits per heavy atom. The van der Waals surface area contributed by atoms with Gasteiger partial charge in [0.2, 0.25) is 10.0 Å². The van der Waals surface area contributed by atoms with E-state index in [-0.39, 0.29) is 26.2 Å². The van der Waals surface area contributed by atoms with E-state index in [0.717, 1.165) is 18.9 Å². The van der Waals surface area contributed by atoms with Gasteiger partial charge in [0.05, 0.1) is 4.92 Å². The lowest BCUT2D eigenvalue weighted by Crippen LogP contribution is -2.39. The molecule has 21 heavy (non-hydrogen) atoms. The lowest BCUT2D eigenvalue weighted by atomic mass is 9.83. The first-order valence-electron chi connectivity index (χ1n) is 6.25. The number of sulfonamides is 1. The third-order valence-electron chi connectivity index (χ3n) is 3.50. The van der Waals surface area contributed by atoms with Gasteiger partial charge >= 0.3 is 0 Å². The second-order valence-electron chi connectivity index (χ2n) is 5.23. The number of rotatable bonds is 5. The van der Waals surface area contributed by atoms with Gasteiger partial charge < -0.3 is 4.74 Å². The Kier molecular flexibility index (Phi) is 4.89. The zero-order chi connectivity index (χ0) is 15.7. The van der Waals surface area contributed by atoms with Crippen molar-refractivity contribution in [2.75, 3.05) is 19.8 Å². The zero-order valence-electron chi connectivity index (χ0n) is 11.3. The van der Waals surface area contributed by atoms with Gasteiger partial charge in [-0.1, -0.05) is 18.5 Å². The van der Waals surface area contributed by atoms with Crippen LogP contribution in [0.1, 0.15) is 19.8 Å². The molecule has 1 fully saturated rings. The van der Waals surface area contributed by atoms with E-state index >= 15 is 0 Å². The molecule has 2 heterocycles. The molecule has 0 atom stereocenters. The molecule has 0 aromatic carbocycles. The van der Waals surface area contributed by atoms with Crippen LogP contribution < -0.4 is 4.72 Å². The van der Waals surface area contributed by atoms with Crippen molar-refractivity contribution in [2.45, 2.75) is 24.0 Å². The summed E-state index contributed by atoms with van der Waals surface area (Å²) in [6.45, 7) is 3.47. The third kappa shape index (κ3) is 3.92. The van der Waals surface area contributed by atoms with Crippen LogP contribution in [0.15, 0.2) is 10.3 Å². The fourth-order valence-corrected chi connectivity index (χ4v) is 4.89. The van der Waals surface area contributed by atoms with Gasteiger partial charge in [-0.15, -0.1) is 11.3 Å². The van der Waals surface area contributed by atoms with Gasteiger partial charge in [-0.3, -0.25) is 10.1 Å². The fraction of sp³-hybridized carbons (Fsp3) is 0.636. The number of halogens is 1. The largest absolute Gasteiger partial charge is 0.381 e. The van der Waals surface area contributed by atoms with Gasteiger partial charge in [0.25, 0.3) is 5.69 Å². The number of hydrogen-bond acceptors (Lipinski definition) is 6. The van der Waals surface area contributed by atoms with Crippen molar-refractivity contribution >= 4 is 38.6 Å². The highest BCUT2D eigenvalue weighted by Crippen LogP contribution is 2.36. The topological polar surface area (TPSA) is 98.5 Å². The summed E-state index contributed by atoms with van der Waals surface area (Å²) >= 11 is 6.37. The molecule has 0 spiro atoms. The van der Waals surface area contributed by atoms with Crippen LogP contribution in [0.2, 0.25) is 4.34 Å². The normalized spacial score (nSPS) is 18.6. The van der Waals surface area contributed by atoms with E-state index in [2.05, 4.69) is 4.72 Å². The molecule has 118 valence electrons. The average molecular weight is 355 g/mol. The Labute approximate surface area is 131 Å². The fourth-order valence-electron chi connectivity index (χ4n) is 1.98. The molecule has 10 heteroatoms. The summed E-state index contributed by atoms with van der Waals surface area (Å²) in [5.41, 5.74) is -0.558. The number of thiophene rings is 1. The van der Waals surface area contributed by atoms with E-state index in [0.29, 0.717) is 24.6 Å². The summed E-state index contributed by atoms with van der Waals surface area (Å²) in [5.74, 6) is 0. The molecule has 0 unspecified atom stereocenters. The van der Waals surface area contributed by atoms with Crippen molar-refractivity contribution < 1.29 is 18.1 Å². The van der Waals surface area contributed by atoms with Gasteiger partial charge in [0.15, 0.2) is 4.34 Å². The second-order valence-corrected chi connectivity index (χ2v) is 8.88. The van der Waals surface area contributed by atoms with Crippen molar-refractivity contribution in [1.29, 1.82) is 0 Å². The minimum Gasteiger partial charge on any atom is -0.381 e. The van der Waals surface area contributed by atoms with Crippen molar-refractivity contribution in [2.24, 2.45) is 5.41 Å². The van der Waals surface area contributed by atoms with E-state index in [1.807, 2.05) is 6.92 Å². The number of hydrogen-bond donors (Lipinski definition) is 1. The van der Waals surface area contributed by atoms with E-state index in [1.165, 1.54) is 0 Å². The van der Waals surface area contributed by atoms with Crippen LogP contribution in [-0.4, -0.2) is 33.1 Å². The minimum absolute atomic E-state index is 0.141. The zero-order valence-corrected chi connectivity index (χ0v) is 13.7. The molecule has 0 saturated carbocycles. The maximum atomic E-state index is 12.2. The lowest BCUT2D eigenvalue weighted by molar-refractivity contribution is -0.384. The van der Waals surface area contributed by atoms with Crippen molar-refractivity contribution in [3.05, 3.63) is 20.5 Å². The summed E-state index contributed by atoms with van der Waals surface area (Å²) < 4.78 is 31.9. The molecule has 0 radical (unpaired) electrons. The van der Waals surface area contributed by atoms with Crippen LogP contribution in [0.4, 0.5) is 5.69 Å². The van der Waals surface area contributed by atoms with Crippen molar-refractivity contribution in [3.63, 3.8) is 0 Å². The minimum atomic E-state index is -3.79. The van der Waals surface area contributed by atoms with Crippen LogP contribution in [-0.2, 0) is 14.8 Å². The number of nitro groups is 1. The van der Waals surface area contributed by atoms with Gasteiger partial charge in [-0.05, 0) is 18.3 Å². The Hall–Kier alpha value is -0.740. The van der Waals surface area contributed by atoms with E-state index in [1.54, 1.807) is 0 Å². The summed E-state index contributed by atoms with van der Waals surface area (Å²) in [4.78, 5) is 10.0. The molecule has 7 nitrogen and oxygen atoms in total. The first-order valence-corrected chi connectivity index (χ1v) is 8.92. The van der Waals surface area contributed by atoms with E-state index in [9.17, 15) is 18.5 Å². The maximum absolute atomic E-state index is 12.2. The van der Waals surface area contributed by atoms with Gasteiger partial charge in [-0.2, -0.15) is 0 Å². The van der Waals surface area contributed by atoms with Crippen LogP contribution >= 0.6 is 22.9 Å². The Morgan fingerprint density at radius 1 is 1.52 bits per heavy atom. The van der Waals surface area contributed by atoms with E-state index < -0.39 is 14.9 Å². The summed E-state index contributed by atoms with van der Waals surface area (Å²) in [7, 11) is -3.79. The molecule has 1 saturated heterocycles. The van der Waals surface area contributed by atoms with Crippen LogP contribution in [0.3, 0.4) is 0 Å². The molecule has 0 aliphatic carbocycles. The molecule has 1 aliphatic heterocycles. The number of nitrogens with zero attached hydrogens (tertiary/aromatic N) is 1. The molecule has 1 aromatic rings. The molecular weight excluding hydrogens is 340 g/mol. The summed E-state index contributed by atoms with van der Waals surface area (Å²) in [6.07, 6.45) is 1.53. The maximum Gasteiger partial charge on any atom is 0.300 e. The summed E-state index contributed by atoms with van der Waals surface area (Å²) in [6, 6.07) is 0.988. The molecule has 0 bridgehead atoms. The smallest absolute Gasteiger partial charge is 0.300 e. The lowest BCUT2D eigenvalue weighted by Gasteiger charge is -2.33. The highest BCUT2D eigenvalue weighted by molar-refractivity contribution is 7.91. The predicted octanol–water partition coefficient (Wildman–Crippen LogP) is 2.40. The molecule has 1 N–H and O–H groups in total. The van der Waals surface area contributed by atoms with Gasteiger partial charge in [0.1, 0.15) is 4.21 Å². The van der Waals surface area contributed by atoms with Crippen LogP contribution in [0.25, 0.3) is 0 Å². The van der Waals surface area contributed by atoms with Crippen molar-refractivity contribution in [1.82, 2.24) is 4.72 Å². The number of ether oxygens (including phenoxy) is 1. The first-order chi connectivity index (χ1) is 9.73. The average Bonchev–Trinajstić information content (AvgIpc) is 2.81. The highest BCUT2D eigenvalue weighted by atomic mass is 35.5. The molecule has 2 rings (SSSR count). The Bertz CT molecular complexity index is 637. The molecule has 1 aliphatic rings. The molecule has 0 amide bonds. The Morgan fingerprint density at radius 3 is 2.67 bits per heavy atom. The first kappa shape index (κ1) is 16.6.